The average molecular weight is 358 g/mol. The van der Waals surface area contributed by atoms with E-state index in [9.17, 15) is 13.2 Å². The van der Waals surface area contributed by atoms with Gasteiger partial charge in [-0.15, -0.1) is 0 Å². The van der Waals surface area contributed by atoms with Gasteiger partial charge in [0, 0.05) is 21.6 Å². The van der Waals surface area contributed by atoms with Crippen LogP contribution in [0.15, 0.2) is 35.2 Å². The molecule has 21 heavy (non-hydrogen) atoms. The number of H-pyrrole nitrogens is 1. The van der Waals surface area contributed by atoms with Crippen molar-refractivity contribution in [2.45, 2.75) is 6.61 Å². The van der Waals surface area contributed by atoms with E-state index in [-0.39, 0.29) is 5.88 Å². The van der Waals surface area contributed by atoms with E-state index in [4.69, 9.17) is 0 Å². The molecule has 0 bridgehead atoms. The van der Waals surface area contributed by atoms with Crippen LogP contribution >= 0.6 is 15.9 Å². The number of fused-ring (bicyclic) bond motifs is 1. The predicted molar refractivity (Wildman–Crippen MR) is 73.6 cm³/mol. The van der Waals surface area contributed by atoms with Gasteiger partial charge in [0.25, 0.3) is 0 Å². The van der Waals surface area contributed by atoms with Crippen molar-refractivity contribution in [2.24, 2.45) is 0 Å². The number of aromatic amines is 1. The zero-order chi connectivity index (χ0) is 15.0. The molecule has 0 spiro atoms. The minimum atomic E-state index is -2.96. The van der Waals surface area contributed by atoms with Crippen LogP contribution in [0.25, 0.3) is 22.2 Å². The van der Waals surface area contributed by atoms with Crippen molar-refractivity contribution >= 4 is 26.8 Å². The Labute approximate surface area is 125 Å². The third-order valence-corrected chi connectivity index (χ3v) is 3.48. The van der Waals surface area contributed by atoms with Gasteiger partial charge in [0.2, 0.25) is 5.88 Å². The van der Waals surface area contributed by atoms with Gasteiger partial charge in [0.1, 0.15) is 5.82 Å². The Hall–Kier alpha value is -2.09. The molecule has 0 saturated carbocycles. The first-order chi connectivity index (χ1) is 10.1. The molecule has 0 saturated heterocycles. The number of hydrogen-bond acceptors (Lipinski definition) is 3. The number of ether oxygens (including phenoxy) is 1. The number of halogens is 4. The van der Waals surface area contributed by atoms with Crippen LogP contribution in [0.5, 0.6) is 5.88 Å². The minimum Gasteiger partial charge on any atom is -0.415 e. The topological polar surface area (TPSA) is 50.8 Å². The summed E-state index contributed by atoms with van der Waals surface area (Å²) in [6, 6.07) is 2.85. The van der Waals surface area contributed by atoms with Crippen LogP contribution in [0.4, 0.5) is 13.2 Å². The van der Waals surface area contributed by atoms with Gasteiger partial charge in [-0.3, -0.25) is 0 Å². The standard InChI is InChI=1S/C13H7BrF3N3O/c14-7-3-20-12-8(15)2-1-6(11(7)12)9-4-19-10(5-18-9)21-13(16)17/h1-5,13,20H. The summed E-state index contributed by atoms with van der Waals surface area (Å²) in [6.45, 7) is -2.96. The van der Waals surface area contributed by atoms with Crippen LogP contribution < -0.4 is 4.74 Å². The van der Waals surface area contributed by atoms with Crippen LogP contribution in [0.3, 0.4) is 0 Å². The number of rotatable bonds is 3. The predicted octanol–water partition coefficient (Wildman–Crippen LogP) is 4.13. The molecule has 0 amide bonds. The summed E-state index contributed by atoms with van der Waals surface area (Å²) < 4.78 is 42.6. The normalized spacial score (nSPS) is 11.3. The first-order valence-electron chi connectivity index (χ1n) is 5.78. The van der Waals surface area contributed by atoms with Gasteiger partial charge < -0.3 is 9.72 Å². The molecule has 0 aliphatic heterocycles. The maximum atomic E-state index is 13.7. The van der Waals surface area contributed by atoms with E-state index in [1.807, 2.05) is 0 Å². The summed E-state index contributed by atoms with van der Waals surface area (Å²) in [4.78, 5) is 10.6. The van der Waals surface area contributed by atoms with Gasteiger partial charge in [-0.1, -0.05) is 0 Å². The Balaban J connectivity index is 2.08. The summed E-state index contributed by atoms with van der Waals surface area (Å²) >= 11 is 3.33. The second-order valence-corrected chi connectivity index (χ2v) is 4.95. The highest BCUT2D eigenvalue weighted by molar-refractivity contribution is 9.10. The van der Waals surface area contributed by atoms with Crippen molar-refractivity contribution in [3.05, 3.63) is 41.0 Å². The summed E-state index contributed by atoms with van der Waals surface area (Å²) in [5, 5.41) is 0.604. The Morgan fingerprint density at radius 1 is 1.19 bits per heavy atom. The Morgan fingerprint density at radius 2 is 2.00 bits per heavy atom. The Bertz CT molecular complexity index is 789. The largest absolute Gasteiger partial charge is 0.415 e. The number of nitrogens with one attached hydrogen (secondary N) is 1. The summed E-state index contributed by atoms with van der Waals surface area (Å²) in [5.41, 5.74) is 1.37. The fourth-order valence-electron chi connectivity index (χ4n) is 1.99. The molecule has 4 nitrogen and oxygen atoms in total. The molecular formula is C13H7BrF3N3O. The maximum absolute atomic E-state index is 13.7. The molecule has 0 atom stereocenters. The third-order valence-electron chi connectivity index (χ3n) is 2.85. The minimum absolute atomic E-state index is 0.278. The molecule has 1 aromatic carbocycles. The fourth-order valence-corrected chi connectivity index (χ4v) is 2.52. The van der Waals surface area contributed by atoms with Gasteiger partial charge in [-0.05, 0) is 28.1 Å². The van der Waals surface area contributed by atoms with Gasteiger partial charge in [-0.2, -0.15) is 8.78 Å². The highest BCUT2D eigenvalue weighted by atomic mass is 79.9. The van der Waals surface area contributed by atoms with Crippen molar-refractivity contribution in [1.29, 1.82) is 0 Å². The number of hydrogen-bond donors (Lipinski definition) is 1. The fraction of sp³-hybridized carbons (Fsp3) is 0.0769. The van der Waals surface area contributed by atoms with Crippen molar-refractivity contribution < 1.29 is 17.9 Å². The molecule has 0 aliphatic carbocycles. The highest BCUT2D eigenvalue weighted by Crippen LogP contribution is 2.34. The maximum Gasteiger partial charge on any atom is 0.388 e. The van der Waals surface area contributed by atoms with E-state index in [0.29, 0.717) is 26.6 Å². The molecule has 2 heterocycles. The molecule has 0 radical (unpaired) electrons. The summed E-state index contributed by atoms with van der Waals surface area (Å²) in [7, 11) is 0. The van der Waals surface area contributed by atoms with Crippen molar-refractivity contribution in [3.8, 4) is 17.1 Å². The van der Waals surface area contributed by atoms with E-state index in [1.165, 1.54) is 12.3 Å². The number of aromatic nitrogens is 3. The van der Waals surface area contributed by atoms with Crippen molar-refractivity contribution in [3.63, 3.8) is 0 Å². The van der Waals surface area contributed by atoms with Crippen LogP contribution in [0.2, 0.25) is 0 Å². The second-order valence-electron chi connectivity index (χ2n) is 4.10. The molecule has 1 N–H and O–H groups in total. The molecule has 0 unspecified atom stereocenters. The van der Waals surface area contributed by atoms with E-state index >= 15 is 0 Å². The lowest BCUT2D eigenvalue weighted by Gasteiger charge is -2.06. The number of alkyl halides is 2. The lowest BCUT2D eigenvalue weighted by Crippen LogP contribution is -2.04. The van der Waals surface area contributed by atoms with Crippen LogP contribution in [-0.4, -0.2) is 21.6 Å². The molecule has 0 fully saturated rings. The first-order valence-corrected chi connectivity index (χ1v) is 6.58. The Morgan fingerprint density at radius 3 is 2.67 bits per heavy atom. The van der Waals surface area contributed by atoms with E-state index in [0.717, 1.165) is 6.20 Å². The molecule has 0 aliphatic rings. The summed E-state index contributed by atoms with van der Waals surface area (Å²) in [6.07, 6.45) is 4.00. The van der Waals surface area contributed by atoms with Crippen molar-refractivity contribution in [2.75, 3.05) is 0 Å². The van der Waals surface area contributed by atoms with Crippen LogP contribution in [0, 0.1) is 5.82 Å². The lowest BCUT2D eigenvalue weighted by atomic mass is 10.1. The molecule has 3 rings (SSSR count). The van der Waals surface area contributed by atoms with E-state index in [2.05, 4.69) is 35.6 Å². The first kappa shape index (κ1) is 13.9. The SMILES string of the molecule is Fc1ccc(-c2cnc(OC(F)F)cn2)c2c(Br)c[nH]c12. The summed E-state index contributed by atoms with van der Waals surface area (Å²) in [5.74, 6) is -0.676. The molecule has 8 heteroatoms. The van der Waals surface area contributed by atoms with Gasteiger partial charge in [0.05, 0.1) is 23.6 Å². The van der Waals surface area contributed by atoms with Crippen LogP contribution in [-0.2, 0) is 0 Å². The van der Waals surface area contributed by atoms with Gasteiger partial charge >= 0.3 is 6.61 Å². The molecule has 108 valence electrons. The smallest absolute Gasteiger partial charge is 0.388 e. The van der Waals surface area contributed by atoms with E-state index in [1.54, 1.807) is 12.3 Å². The van der Waals surface area contributed by atoms with Crippen LogP contribution in [0.1, 0.15) is 0 Å². The highest BCUT2D eigenvalue weighted by Gasteiger charge is 2.14. The van der Waals surface area contributed by atoms with Crippen molar-refractivity contribution in [1.82, 2.24) is 15.0 Å². The van der Waals surface area contributed by atoms with E-state index < -0.39 is 12.4 Å². The second kappa shape index (κ2) is 5.36. The monoisotopic (exact) mass is 357 g/mol. The number of nitrogens with zero attached hydrogens (tertiary/aromatic N) is 2. The Kier molecular flexibility index (Phi) is 3.54. The third kappa shape index (κ3) is 2.58. The van der Waals surface area contributed by atoms with Gasteiger partial charge in [0.15, 0.2) is 0 Å². The molecule has 3 aromatic rings. The average Bonchev–Trinajstić information content (AvgIpc) is 2.83. The number of benzene rings is 1. The zero-order valence-corrected chi connectivity index (χ0v) is 11.9. The quantitative estimate of drug-likeness (QED) is 0.766. The molecular weight excluding hydrogens is 351 g/mol. The lowest BCUT2D eigenvalue weighted by molar-refractivity contribution is -0.0530. The molecule has 2 aromatic heterocycles. The van der Waals surface area contributed by atoms with Gasteiger partial charge in [-0.25, -0.2) is 14.4 Å². The zero-order valence-electron chi connectivity index (χ0n) is 10.3.